The monoisotopic (exact) mass is 389 g/mol. The van der Waals surface area contributed by atoms with E-state index in [1.165, 1.54) is 55.2 Å². The first-order valence-corrected chi connectivity index (χ1v) is 10.4. The first-order chi connectivity index (χ1) is 14.5. The van der Waals surface area contributed by atoms with Crippen LogP contribution in [0.1, 0.15) is 16.7 Å². The molecular formula is C28H25N2+. The molecule has 5 rings (SSSR count). The third-order valence-corrected chi connectivity index (χ3v) is 6.13. The van der Waals surface area contributed by atoms with E-state index >= 15 is 0 Å². The van der Waals surface area contributed by atoms with E-state index in [0.29, 0.717) is 0 Å². The Morgan fingerprint density at radius 3 is 2.30 bits per heavy atom. The summed E-state index contributed by atoms with van der Waals surface area (Å²) >= 11 is 0. The van der Waals surface area contributed by atoms with Crippen molar-refractivity contribution in [2.24, 2.45) is 7.05 Å². The molecule has 0 spiro atoms. The van der Waals surface area contributed by atoms with E-state index in [4.69, 9.17) is 4.98 Å². The molecule has 2 heteroatoms. The molecule has 0 aliphatic carbocycles. The minimum Gasteiger partial charge on any atom is -0.256 e. The fraction of sp³-hybridized carbons (Fsp3) is 0.143. The number of pyridine rings is 2. The highest BCUT2D eigenvalue weighted by Gasteiger charge is 2.17. The lowest BCUT2D eigenvalue weighted by molar-refractivity contribution is -0.660. The van der Waals surface area contributed by atoms with Crippen molar-refractivity contribution in [3.8, 4) is 22.4 Å². The van der Waals surface area contributed by atoms with Gasteiger partial charge in [0.05, 0.1) is 5.52 Å². The molecule has 0 unspecified atom stereocenters. The van der Waals surface area contributed by atoms with Gasteiger partial charge in [-0.05, 0) is 66.1 Å². The van der Waals surface area contributed by atoms with E-state index in [2.05, 4.69) is 105 Å². The second kappa shape index (κ2) is 7.07. The molecule has 3 aromatic carbocycles. The van der Waals surface area contributed by atoms with Crippen LogP contribution >= 0.6 is 0 Å². The van der Waals surface area contributed by atoms with Crippen molar-refractivity contribution in [2.45, 2.75) is 20.8 Å². The van der Waals surface area contributed by atoms with Gasteiger partial charge >= 0.3 is 0 Å². The highest BCUT2D eigenvalue weighted by atomic mass is 14.9. The summed E-state index contributed by atoms with van der Waals surface area (Å²) in [5, 5.41) is 3.62. The smallest absolute Gasteiger partial charge is 0.213 e. The standard InChI is InChI=1S/C28H25N2/c1-18-8-7-9-19(2)28(18)21-12-13-30(4)27(15-21)24-16-25-23-11-6-5-10-22(23)17-29-26(25)14-20(24)3/h5-17H,1-4H3/q+1. The molecule has 0 bridgehead atoms. The molecular weight excluding hydrogens is 364 g/mol. The van der Waals surface area contributed by atoms with Crippen LogP contribution in [0.4, 0.5) is 0 Å². The van der Waals surface area contributed by atoms with Gasteiger partial charge in [-0.3, -0.25) is 4.98 Å². The van der Waals surface area contributed by atoms with Crippen LogP contribution in [0.25, 0.3) is 44.1 Å². The molecule has 0 saturated heterocycles. The summed E-state index contributed by atoms with van der Waals surface area (Å²) in [7, 11) is 2.12. The van der Waals surface area contributed by atoms with Gasteiger partial charge in [0.2, 0.25) is 5.69 Å². The number of benzene rings is 3. The van der Waals surface area contributed by atoms with Crippen LogP contribution in [0, 0.1) is 20.8 Å². The summed E-state index contributed by atoms with van der Waals surface area (Å²) < 4.78 is 2.21. The van der Waals surface area contributed by atoms with E-state index in [0.717, 1.165) is 5.52 Å². The molecule has 146 valence electrons. The van der Waals surface area contributed by atoms with Gasteiger partial charge < -0.3 is 0 Å². The summed E-state index contributed by atoms with van der Waals surface area (Å²) in [4.78, 5) is 4.71. The molecule has 2 nitrogen and oxygen atoms in total. The van der Waals surface area contributed by atoms with E-state index in [1.807, 2.05) is 6.20 Å². The Labute approximate surface area is 177 Å². The lowest BCUT2D eigenvalue weighted by Gasteiger charge is -2.12. The third kappa shape index (κ3) is 2.96. The average Bonchev–Trinajstić information content (AvgIpc) is 2.74. The topological polar surface area (TPSA) is 16.8 Å². The molecule has 0 saturated carbocycles. The maximum atomic E-state index is 4.71. The molecule has 0 aliphatic heterocycles. The highest BCUT2D eigenvalue weighted by molar-refractivity contribution is 6.07. The molecule has 2 aromatic heterocycles. The lowest BCUT2D eigenvalue weighted by Crippen LogP contribution is -2.30. The third-order valence-electron chi connectivity index (χ3n) is 6.13. The molecule has 0 N–H and O–H groups in total. The summed E-state index contributed by atoms with van der Waals surface area (Å²) in [6.45, 7) is 6.56. The molecule has 0 atom stereocenters. The second-order valence-corrected chi connectivity index (χ2v) is 8.21. The van der Waals surface area contributed by atoms with Crippen molar-refractivity contribution in [3.63, 3.8) is 0 Å². The lowest BCUT2D eigenvalue weighted by atomic mass is 9.93. The Balaban J connectivity index is 1.78. The van der Waals surface area contributed by atoms with Crippen LogP contribution in [0.15, 0.2) is 79.1 Å². The van der Waals surface area contributed by atoms with Crippen molar-refractivity contribution in [3.05, 3.63) is 95.8 Å². The van der Waals surface area contributed by atoms with Crippen LogP contribution in [0.5, 0.6) is 0 Å². The van der Waals surface area contributed by atoms with Crippen molar-refractivity contribution < 1.29 is 4.57 Å². The number of nitrogens with zero attached hydrogens (tertiary/aromatic N) is 2. The fourth-order valence-corrected chi connectivity index (χ4v) is 4.55. The molecule has 0 fully saturated rings. The van der Waals surface area contributed by atoms with Crippen LogP contribution < -0.4 is 4.57 Å². The fourth-order valence-electron chi connectivity index (χ4n) is 4.55. The van der Waals surface area contributed by atoms with E-state index in [1.54, 1.807) is 0 Å². The number of aryl methyl sites for hydroxylation is 4. The van der Waals surface area contributed by atoms with Crippen molar-refractivity contribution in [1.82, 2.24) is 4.98 Å². The maximum absolute atomic E-state index is 4.71. The number of fused-ring (bicyclic) bond motifs is 3. The zero-order chi connectivity index (χ0) is 20.8. The van der Waals surface area contributed by atoms with Crippen molar-refractivity contribution >= 4 is 21.7 Å². The van der Waals surface area contributed by atoms with E-state index in [-0.39, 0.29) is 0 Å². The number of rotatable bonds is 2. The first kappa shape index (κ1) is 18.5. The second-order valence-electron chi connectivity index (χ2n) is 8.21. The van der Waals surface area contributed by atoms with Gasteiger partial charge in [0, 0.05) is 34.7 Å². The Kier molecular flexibility index (Phi) is 4.36. The predicted octanol–water partition coefficient (Wildman–Crippen LogP) is 6.47. The van der Waals surface area contributed by atoms with Crippen LogP contribution in [0.3, 0.4) is 0 Å². The van der Waals surface area contributed by atoms with Gasteiger partial charge in [0.15, 0.2) is 6.20 Å². The summed E-state index contributed by atoms with van der Waals surface area (Å²) in [6.07, 6.45) is 4.14. The molecule has 2 heterocycles. The zero-order valence-electron chi connectivity index (χ0n) is 17.9. The summed E-state index contributed by atoms with van der Waals surface area (Å²) in [6, 6.07) is 24.0. The van der Waals surface area contributed by atoms with Gasteiger partial charge in [-0.15, -0.1) is 0 Å². The van der Waals surface area contributed by atoms with Gasteiger partial charge in [0.25, 0.3) is 0 Å². The Morgan fingerprint density at radius 2 is 1.50 bits per heavy atom. The first-order valence-electron chi connectivity index (χ1n) is 10.4. The molecule has 0 aliphatic rings. The maximum Gasteiger partial charge on any atom is 0.213 e. The molecule has 0 amide bonds. The summed E-state index contributed by atoms with van der Waals surface area (Å²) in [5.41, 5.74) is 9.93. The highest BCUT2D eigenvalue weighted by Crippen LogP contribution is 2.33. The van der Waals surface area contributed by atoms with Gasteiger partial charge in [-0.2, -0.15) is 0 Å². The largest absolute Gasteiger partial charge is 0.256 e. The minimum absolute atomic E-state index is 1.04. The Bertz CT molecular complexity index is 1410. The number of hydrogen-bond donors (Lipinski definition) is 0. The number of aromatic nitrogens is 2. The average molecular weight is 390 g/mol. The van der Waals surface area contributed by atoms with Crippen molar-refractivity contribution in [1.29, 1.82) is 0 Å². The summed E-state index contributed by atoms with van der Waals surface area (Å²) in [5.74, 6) is 0. The predicted molar refractivity (Wildman–Crippen MR) is 126 cm³/mol. The zero-order valence-corrected chi connectivity index (χ0v) is 17.9. The van der Waals surface area contributed by atoms with E-state index < -0.39 is 0 Å². The van der Waals surface area contributed by atoms with Gasteiger partial charge in [-0.25, -0.2) is 4.57 Å². The van der Waals surface area contributed by atoms with Crippen LogP contribution in [-0.2, 0) is 7.05 Å². The quantitative estimate of drug-likeness (QED) is 0.250. The molecule has 0 radical (unpaired) electrons. The SMILES string of the molecule is Cc1cc2ncc3ccccc3c2cc1-c1cc(-c2c(C)cccc2C)cc[n+]1C. The van der Waals surface area contributed by atoms with Gasteiger partial charge in [0.1, 0.15) is 7.05 Å². The Morgan fingerprint density at radius 1 is 0.733 bits per heavy atom. The van der Waals surface area contributed by atoms with Crippen molar-refractivity contribution in [2.75, 3.05) is 0 Å². The van der Waals surface area contributed by atoms with Crippen LogP contribution in [0.2, 0.25) is 0 Å². The number of hydrogen-bond acceptors (Lipinski definition) is 1. The minimum atomic E-state index is 1.04. The molecule has 5 aromatic rings. The van der Waals surface area contributed by atoms with Gasteiger partial charge in [-0.1, -0.05) is 42.5 Å². The Hall–Kier alpha value is -3.52. The van der Waals surface area contributed by atoms with E-state index in [9.17, 15) is 0 Å². The normalized spacial score (nSPS) is 11.3. The van der Waals surface area contributed by atoms with Crippen LogP contribution in [-0.4, -0.2) is 4.98 Å². The molecule has 30 heavy (non-hydrogen) atoms.